The van der Waals surface area contributed by atoms with Gasteiger partial charge in [0.25, 0.3) is 0 Å². The first-order valence-corrected chi connectivity index (χ1v) is 9.74. The summed E-state index contributed by atoms with van der Waals surface area (Å²) in [5.41, 5.74) is 10.3. The van der Waals surface area contributed by atoms with Crippen LogP contribution in [0.15, 0.2) is 51.8 Å². The van der Waals surface area contributed by atoms with Gasteiger partial charge in [-0.05, 0) is 54.8 Å². The van der Waals surface area contributed by atoms with Crippen molar-refractivity contribution in [3.05, 3.63) is 69.8 Å². The molecule has 0 bridgehead atoms. The van der Waals surface area contributed by atoms with Crippen LogP contribution in [0.2, 0.25) is 0 Å². The van der Waals surface area contributed by atoms with Crippen LogP contribution < -0.4 is 22.1 Å². The fourth-order valence-electron chi connectivity index (χ4n) is 3.27. The molecule has 2 aromatic heterocycles. The Labute approximate surface area is 177 Å². The standard InChI is InChI=1S/C22H22N6O3/c1-11(2)16-8-13(4-6-15(16)19(23)29)26-21-24-10-12(3)20(28-21)25-14-5-7-18-17(9-14)27-22(30)31-18/h4-11H,1-3H3,(H2,23,29)(H,27,30)(H2,24,25,26,28). The highest BCUT2D eigenvalue weighted by Crippen LogP contribution is 2.26. The molecule has 0 aliphatic rings. The zero-order valence-electron chi connectivity index (χ0n) is 17.3. The molecule has 0 spiro atoms. The summed E-state index contributed by atoms with van der Waals surface area (Å²) in [5, 5.41) is 6.41. The average Bonchev–Trinajstić information content (AvgIpc) is 3.09. The number of carbonyl (C=O) groups excluding carboxylic acids is 1. The molecule has 5 N–H and O–H groups in total. The second kappa shape index (κ2) is 7.94. The van der Waals surface area contributed by atoms with Crippen molar-refractivity contribution in [2.24, 2.45) is 5.73 Å². The Hall–Kier alpha value is -4.14. The fraction of sp³-hybridized carbons (Fsp3) is 0.182. The SMILES string of the molecule is Cc1cnc(Nc2ccc(C(N)=O)c(C(C)C)c2)nc1Nc1ccc2oc(=O)[nH]c2c1. The zero-order chi connectivity index (χ0) is 22.1. The summed E-state index contributed by atoms with van der Waals surface area (Å²) in [6.07, 6.45) is 1.71. The van der Waals surface area contributed by atoms with Gasteiger partial charge in [-0.15, -0.1) is 0 Å². The molecule has 158 valence electrons. The molecule has 2 heterocycles. The van der Waals surface area contributed by atoms with Crippen molar-refractivity contribution in [3.8, 4) is 0 Å². The number of oxazole rings is 1. The van der Waals surface area contributed by atoms with Crippen molar-refractivity contribution in [1.82, 2.24) is 15.0 Å². The minimum atomic E-state index is -0.500. The number of aryl methyl sites for hydroxylation is 1. The third-order valence-corrected chi connectivity index (χ3v) is 4.85. The van der Waals surface area contributed by atoms with Crippen molar-refractivity contribution < 1.29 is 9.21 Å². The molecule has 31 heavy (non-hydrogen) atoms. The number of primary amides is 1. The average molecular weight is 418 g/mol. The fourth-order valence-corrected chi connectivity index (χ4v) is 3.27. The highest BCUT2D eigenvalue weighted by Gasteiger charge is 2.13. The van der Waals surface area contributed by atoms with Gasteiger partial charge < -0.3 is 20.8 Å². The number of hydrogen-bond acceptors (Lipinski definition) is 7. The number of nitrogens with two attached hydrogens (primary N) is 1. The first-order chi connectivity index (χ1) is 14.8. The maximum atomic E-state index is 11.7. The number of H-pyrrole nitrogens is 1. The molecule has 4 rings (SSSR count). The molecule has 0 saturated heterocycles. The molecule has 9 nitrogen and oxygen atoms in total. The number of benzene rings is 2. The van der Waals surface area contributed by atoms with Gasteiger partial charge in [-0.3, -0.25) is 9.78 Å². The van der Waals surface area contributed by atoms with Crippen LogP contribution in [0.25, 0.3) is 11.1 Å². The van der Waals surface area contributed by atoms with E-state index in [9.17, 15) is 9.59 Å². The van der Waals surface area contributed by atoms with E-state index in [2.05, 4.69) is 25.6 Å². The van der Waals surface area contributed by atoms with E-state index in [-0.39, 0.29) is 5.92 Å². The number of fused-ring (bicyclic) bond motifs is 1. The van der Waals surface area contributed by atoms with Crippen molar-refractivity contribution in [2.75, 3.05) is 10.6 Å². The van der Waals surface area contributed by atoms with Gasteiger partial charge >= 0.3 is 5.76 Å². The second-order valence-electron chi connectivity index (χ2n) is 7.52. The summed E-state index contributed by atoms with van der Waals surface area (Å²) in [5.74, 6) is 0.182. The minimum absolute atomic E-state index is 0.129. The normalized spacial score (nSPS) is 11.1. The maximum absolute atomic E-state index is 11.7. The number of amides is 1. The zero-order valence-corrected chi connectivity index (χ0v) is 17.3. The van der Waals surface area contributed by atoms with Gasteiger partial charge in [0.15, 0.2) is 5.58 Å². The number of nitrogens with zero attached hydrogens (tertiary/aromatic N) is 2. The van der Waals surface area contributed by atoms with E-state index in [1.165, 1.54) is 0 Å². The molecule has 0 saturated carbocycles. The Morgan fingerprint density at radius 2 is 1.87 bits per heavy atom. The Morgan fingerprint density at radius 1 is 1.13 bits per heavy atom. The van der Waals surface area contributed by atoms with Crippen LogP contribution in [0.3, 0.4) is 0 Å². The van der Waals surface area contributed by atoms with Crippen molar-refractivity contribution >= 4 is 40.1 Å². The van der Waals surface area contributed by atoms with E-state index < -0.39 is 11.7 Å². The van der Waals surface area contributed by atoms with E-state index in [1.54, 1.807) is 36.5 Å². The van der Waals surface area contributed by atoms with Crippen LogP contribution in [0.5, 0.6) is 0 Å². The monoisotopic (exact) mass is 418 g/mol. The molecular weight excluding hydrogens is 396 g/mol. The van der Waals surface area contributed by atoms with Crippen LogP contribution in [0, 0.1) is 6.92 Å². The van der Waals surface area contributed by atoms with Crippen LogP contribution in [0.1, 0.15) is 41.3 Å². The minimum Gasteiger partial charge on any atom is -0.408 e. The van der Waals surface area contributed by atoms with Crippen LogP contribution in [-0.4, -0.2) is 20.9 Å². The lowest BCUT2D eigenvalue weighted by Gasteiger charge is -2.14. The van der Waals surface area contributed by atoms with Gasteiger partial charge in [0.2, 0.25) is 11.9 Å². The quantitative estimate of drug-likeness (QED) is 0.372. The molecule has 0 atom stereocenters. The molecule has 0 aliphatic carbocycles. The number of nitrogens with one attached hydrogen (secondary N) is 3. The summed E-state index contributed by atoms with van der Waals surface area (Å²) in [6, 6.07) is 10.6. The second-order valence-corrected chi connectivity index (χ2v) is 7.52. The first-order valence-electron chi connectivity index (χ1n) is 9.74. The molecule has 9 heteroatoms. The highest BCUT2D eigenvalue weighted by atomic mass is 16.4. The molecular formula is C22H22N6O3. The van der Waals surface area contributed by atoms with Gasteiger partial charge in [0.05, 0.1) is 5.52 Å². The Balaban J connectivity index is 1.61. The van der Waals surface area contributed by atoms with Crippen molar-refractivity contribution in [1.29, 1.82) is 0 Å². The topological polar surface area (TPSA) is 139 Å². The Bertz CT molecular complexity index is 1340. The Kier molecular flexibility index (Phi) is 5.16. The number of anilines is 4. The lowest BCUT2D eigenvalue weighted by molar-refractivity contribution is 0.0999. The summed E-state index contributed by atoms with van der Waals surface area (Å²) in [4.78, 5) is 34.6. The third kappa shape index (κ3) is 4.25. The van der Waals surface area contributed by atoms with Gasteiger partial charge in [0.1, 0.15) is 5.82 Å². The lowest BCUT2D eigenvalue weighted by Crippen LogP contribution is -2.14. The molecule has 4 aromatic rings. The molecule has 0 radical (unpaired) electrons. The maximum Gasteiger partial charge on any atom is 0.417 e. The van der Waals surface area contributed by atoms with Crippen molar-refractivity contribution in [2.45, 2.75) is 26.7 Å². The van der Waals surface area contributed by atoms with E-state index in [1.807, 2.05) is 26.8 Å². The predicted molar refractivity (Wildman–Crippen MR) is 119 cm³/mol. The van der Waals surface area contributed by atoms with Gasteiger partial charge in [0, 0.05) is 28.7 Å². The van der Waals surface area contributed by atoms with Gasteiger partial charge in [-0.25, -0.2) is 9.78 Å². The summed E-state index contributed by atoms with van der Waals surface area (Å²) >= 11 is 0. The van der Waals surface area contributed by atoms with Crippen LogP contribution >= 0.6 is 0 Å². The lowest BCUT2D eigenvalue weighted by atomic mass is 9.96. The third-order valence-electron chi connectivity index (χ3n) is 4.85. The Morgan fingerprint density at radius 3 is 2.61 bits per heavy atom. The summed E-state index contributed by atoms with van der Waals surface area (Å²) in [7, 11) is 0. The molecule has 0 aliphatic heterocycles. The number of aromatic amines is 1. The van der Waals surface area contributed by atoms with Gasteiger partial charge in [-0.2, -0.15) is 4.98 Å². The predicted octanol–water partition coefficient (Wildman–Crippen LogP) is 3.93. The highest BCUT2D eigenvalue weighted by molar-refractivity contribution is 5.95. The van der Waals surface area contributed by atoms with Crippen LogP contribution in [-0.2, 0) is 0 Å². The van der Waals surface area contributed by atoms with E-state index in [0.29, 0.717) is 28.4 Å². The van der Waals surface area contributed by atoms with Gasteiger partial charge in [-0.1, -0.05) is 13.8 Å². The molecule has 1 amide bonds. The smallest absolute Gasteiger partial charge is 0.408 e. The number of hydrogen-bond donors (Lipinski definition) is 4. The summed E-state index contributed by atoms with van der Waals surface area (Å²) < 4.78 is 5.03. The summed E-state index contributed by atoms with van der Waals surface area (Å²) in [6.45, 7) is 5.89. The van der Waals surface area contributed by atoms with E-state index >= 15 is 0 Å². The molecule has 0 fully saturated rings. The van der Waals surface area contributed by atoms with E-state index in [4.69, 9.17) is 10.2 Å². The van der Waals surface area contributed by atoms with Crippen molar-refractivity contribution in [3.63, 3.8) is 0 Å². The number of aromatic nitrogens is 3. The first kappa shape index (κ1) is 20.1. The number of rotatable bonds is 6. The molecule has 2 aromatic carbocycles. The molecule has 0 unspecified atom stereocenters. The largest absolute Gasteiger partial charge is 0.417 e. The van der Waals surface area contributed by atoms with E-state index in [0.717, 1.165) is 22.5 Å². The van der Waals surface area contributed by atoms with Crippen LogP contribution in [0.4, 0.5) is 23.1 Å². The number of carbonyl (C=O) groups is 1.